The Morgan fingerprint density at radius 3 is 2.77 bits per heavy atom. The van der Waals surface area contributed by atoms with Gasteiger partial charge in [0, 0.05) is 43.9 Å². The van der Waals surface area contributed by atoms with Crippen molar-refractivity contribution in [2.45, 2.75) is 12.5 Å². The maximum Gasteiger partial charge on any atom is 0.127 e. The third kappa shape index (κ3) is 2.46. The summed E-state index contributed by atoms with van der Waals surface area (Å²) in [6.07, 6.45) is 2.01. The average Bonchev–Trinajstić information content (AvgIpc) is 2.85. The number of benzene rings is 2. The lowest BCUT2D eigenvalue weighted by atomic mass is 9.87. The Bertz CT molecular complexity index is 710. The summed E-state index contributed by atoms with van der Waals surface area (Å²) in [7, 11) is 0. The van der Waals surface area contributed by atoms with Gasteiger partial charge in [0.1, 0.15) is 5.82 Å². The van der Waals surface area contributed by atoms with Gasteiger partial charge in [-0.25, -0.2) is 4.39 Å². The lowest BCUT2D eigenvalue weighted by Gasteiger charge is -2.17. The monoisotopic (exact) mass is 294 g/mol. The Morgan fingerprint density at radius 1 is 1.05 bits per heavy atom. The minimum absolute atomic E-state index is 0.104. The molecule has 2 aromatic rings. The molecule has 4 rings (SSSR count). The molecule has 0 bridgehead atoms. The molecule has 0 radical (unpaired) electrons. The summed E-state index contributed by atoms with van der Waals surface area (Å²) >= 11 is 0. The molecule has 0 aromatic heterocycles. The molecular weight excluding hydrogens is 275 g/mol. The molecule has 112 valence electrons. The fourth-order valence-electron chi connectivity index (χ4n) is 3.75. The van der Waals surface area contributed by atoms with Crippen LogP contribution in [0.4, 0.5) is 4.39 Å². The maximum absolute atomic E-state index is 13.9. The first-order chi connectivity index (χ1) is 10.8. The topological polar surface area (TPSA) is 15.6 Å². The van der Waals surface area contributed by atoms with Crippen molar-refractivity contribution in [2.75, 3.05) is 19.6 Å². The zero-order valence-corrected chi connectivity index (χ0v) is 12.5. The van der Waals surface area contributed by atoms with E-state index in [1.165, 1.54) is 11.1 Å². The SMILES string of the molecule is Fc1ccccc1CN1CC2CN=Cc3ccccc3C2C1. The highest BCUT2D eigenvalue weighted by Gasteiger charge is 2.35. The molecule has 2 atom stereocenters. The van der Waals surface area contributed by atoms with Crippen molar-refractivity contribution in [1.82, 2.24) is 4.90 Å². The van der Waals surface area contributed by atoms with Crippen LogP contribution in [0.25, 0.3) is 0 Å². The van der Waals surface area contributed by atoms with Gasteiger partial charge in [-0.15, -0.1) is 0 Å². The lowest BCUT2D eigenvalue weighted by Crippen LogP contribution is -2.21. The second-order valence-electron chi connectivity index (χ2n) is 6.28. The molecule has 2 aliphatic rings. The predicted octanol–water partition coefficient (Wildman–Crippen LogP) is 3.47. The number of halogens is 1. The molecule has 0 spiro atoms. The maximum atomic E-state index is 13.9. The van der Waals surface area contributed by atoms with E-state index in [-0.39, 0.29) is 5.82 Å². The van der Waals surface area contributed by atoms with E-state index in [1.54, 1.807) is 12.1 Å². The van der Waals surface area contributed by atoms with E-state index in [2.05, 4.69) is 34.2 Å². The molecule has 2 unspecified atom stereocenters. The smallest absolute Gasteiger partial charge is 0.127 e. The summed E-state index contributed by atoms with van der Waals surface area (Å²) in [5.41, 5.74) is 3.42. The Balaban J connectivity index is 1.57. The molecule has 22 heavy (non-hydrogen) atoms. The summed E-state index contributed by atoms with van der Waals surface area (Å²) in [4.78, 5) is 6.95. The Hall–Kier alpha value is -2.00. The number of fused-ring (bicyclic) bond motifs is 3. The fraction of sp³-hybridized carbons (Fsp3) is 0.316. The van der Waals surface area contributed by atoms with Gasteiger partial charge >= 0.3 is 0 Å². The molecule has 1 fully saturated rings. The number of nitrogens with zero attached hydrogens (tertiary/aromatic N) is 2. The molecule has 2 nitrogen and oxygen atoms in total. The Morgan fingerprint density at radius 2 is 1.86 bits per heavy atom. The van der Waals surface area contributed by atoms with Crippen molar-refractivity contribution < 1.29 is 4.39 Å². The first kappa shape index (κ1) is 13.6. The first-order valence-electron chi connectivity index (χ1n) is 7.86. The predicted molar refractivity (Wildman–Crippen MR) is 86.8 cm³/mol. The normalized spacial score (nSPS) is 23.9. The Labute approximate surface area is 130 Å². The van der Waals surface area contributed by atoms with Crippen molar-refractivity contribution in [2.24, 2.45) is 10.9 Å². The molecule has 2 aromatic carbocycles. The summed E-state index contributed by atoms with van der Waals surface area (Å²) in [6, 6.07) is 15.6. The van der Waals surface area contributed by atoms with Crippen LogP contribution >= 0.6 is 0 Å². The van der Waals surface area contributed by atoms with Crippen LogP contribution in [0.3, 0.4) is 0 Å². The molecule has 1 saturated heterocycles. The van der Waals surface area contributed by atoms with Crippen molar-refractivity contribution >= 4 is 6.21 Å². The number of likely N-dealkylation sites (tertiary alicyclic amines) is 1. The molecule has 2 heterocycles. The fourth-order valence-corrected chi connectivity index (χ4v) is 3.75. The second-order valence-corrected chi connectivity index (χ2v) is 6.28. The van der Waals surface area contributed by atoms with Gasteiger partial charge in [0.25, 0.3) is 0 Å². The molecule has 0 amide bonds. The summed E-state index contributed by atoms with van der Waals surface area (Å²) in [5.74, 6) is 0.935. The van der Waals surface area contributed by atoms with E-state index < -0.39 is 0 Å². The minimum Gasteiger partial charge on any atom is -0.298 e. The second kappa shape index (κ2) is 5.65. The van der Waals surface area contributed by atoms with E-state index in [4.69, 9.17) is 0 Å². The van der Waals surface area contributed by atoms with Crippen molar-refractivity contribution in [1.29, 1.82) is 0 Å². The van der Waals surface area contributed by atoms with E-state index in [9.17, 15) is 4.39 Å². The molecule has 2 aliphatic heterocycles. The third-order valence-electron chi connectivity index (χ3n) is 4.83. The summed E-state index contributed by atoms with van der Waals surface area (Å²) in [5, 5.41) is 0. The minimum atomic E-state index is -0.104. The van der Waals surface area contributed by atoms with Gasteiger partial charge in [-0.3, -0.25) is 9.89 Å². The van der Waals surface area contributed by atoms with Gasteiger partial charge in [-0.05, 0) is 23.1 Å². The highest BCUT2D eigenvalue weighted by atomic mass is 19.1. The molecule has 3 heteroatoms. The summed E-state index contributed by atoms with van der Waals surface area (Å²) in [6.45, 7) is 3.53. The van der Waals surface area contributed by atoms with Gasteiger partial charge in [-0.1, -0.05) is 42.5 Å². The van der Waals surface area contributed by atoms with Crippen molar-refractivity contribution in [3.05, 3.63) is 71.0 Å². The lowest BCUT2D eigenvalue weighted by molar-refractivity contribution is 0.311. The van der Waals surface area contributed by atoms with Gasteiger partial charge in [0.05, 0.1) is 0 Å². The molecule has 0 saturated carbocycles. The van der Waals surface area contributed by atoms with Crippen LogP contribution in [0.2, 0.25) is 0 Å². The Kier molecular flexibility index (Phi) is 3.51. The largest absolute Gasteiger partial charge is 0.298 e. The zero-order valence-electron chi connectivity index (χ0n) is 12.5. The van der Waals surface area contributed by atoms with Crippen molar-refractivity contribution in [3.63, 3.8) is 0 Å². The first-order valence-corrected chi connectivity index (χ1v) is 7.86. The van der Waals surface area contributed by atoms with Gasteiger partial charge in [-0.2, -0.15) is 0 Å². The van der Waals surface area contributed by atoms with Crippen LogP contribution in [0.1, 0.15) is 22.6 Å². The zero-order chi connectivity index (χ0) is 14.9. The third-order valence-corrected chi connectivity index (χ3v) is 4.83. The average molecular weight is 294 g/mol. The van der Waals surface area contributed by atoms with E-state index >= 15 is 0 Å². The quantitative estimate of drug-likeness (QED) is 0.828. The van der Waals surface area contributed by atoms with E-state index in [0.29, 0.717) is 18.4 Å². The summed E-state index contributed by atoms with van der Waals surface area (Å²) < 4.78 is 13.9. The van der Waals surface area contributed by atoms with Crippen LogP contribution in [-0.4, -0.2) is 30.7 Å². The van der Waals surface area contributed by atoms with Crippen LogP contribution in [-0.2, 0) is 6.54 Å². The highest BCUT2D eigenvalue weighted by molar-refractivity contribution is 5.82. The highest BCUT2D eigenvalue weighted by Crippen LogP contribution is 2.36. The standard InChI is InChI=1S/C19H19FN2/c20-19-8-4-2-6-15(19)11-22-12-16-10-21-9-14-5-1-3-7-17(14)18(16)13-22/h1-9,16,18H,10-13H2. The van der Waals surface area contributed by atoms with Crippen LogP contribution in [0.5, 0.6) is 0 Å². The van der Waals surface area contributed by atoms with E-state index in [1.807, 2.05) is 18.3 Å². The van der Waals surface area contributed by atoms with Crippen LogP contribution < -0.4 is 0 Å². The van der Waals surface area contributed by atoms with E-state index in [0.717, 1.165) is 25.2 Å². The van der Waals surface area contributed by atoms with Crippen LogP contribution in [0, 0.1) is 11.7 Å². The molecule has 0 N–H and O–H groups in total. The number of rotatable bonds is 2. The number of hydrogen-bond donors (Lipinski definition) is 0. The van der Waals surface area contributed by atoms with Gasteiger partial charge < -0.3 is 0 Å². The number of hydrogen-bond acceptors (Lipinski definition) is 2. The van der Waals surface area contributed by atoms with Crippen LogP contribution in [0.15, 0.2) is 53.5 Å². The van der Waals surface area contributed by atoms with Crippen molar-refractivity contribution in [3.8, 4) is 0 Å². The number of aliphatic imine (C=N–C) groups is 1. The van der Waals surface area contributed by atoms with Gasteiger partial charge in [0.2, 0.25) is 0 Å². The molecule has 0 aliphatic carbocycles. The van der Waals surface area contributed by atoms with Gasteiger partial charge in [0.15, 0.2) is 0 Å². The molecular formula is C19H19FN2.